The molecule has 124 valence electrons. The molecule has 0 unspecified atom stereocenters. The Kier molecular flexibility index (Phi) is 3.39. The number of hydrogen-bond donors (Lipinski definition) is 0. The smallest absolute Gasteiger partial charge is 0.238 e. The topological polar surface area (TPSA) is 58.6 Å². The van der Waals surface area contributed by atoms with Gasteiger partial charge >= 0.3 is 0 Å². The number of ether oxygens (including phenoxy) is 1. The van der Waals surface area contributed by atoms with Crippen LogP contribution in [-0.4, -0.2) is 64.8 Å². The summed E-state index contributed by atoms with van der Waals surface area (Å²) in [6, 6.07) is -0.108. The van der Waals surface area contributed by atoms with Gasteiger partial charge in [-0.3, -0.25) is 4.79 Å². The molecule has 0 saturated carbocycles. The van der Waals surface area contributed by atoms with E-state index in [2.05, 4.69) is 14.9 Å². The first kappa shape index (κ1) is 15.0. The molecule has 1 spiro atoms. The Labute approximate surface area is 134 Å². The van der Waals surface area contributed by atoms with E-state index >= 15 is 0 Å². The van der Waals surface area contributed by atoms with Gasteiger partial charge in [0.05, 0.1) is 12.3 Å². The van der Waals surface area contributed by atoms with Crippen LogP contribution in [0.1, 0.15) is 29.9 Å². The molecule has 4 rings (SSSR count). The van der Waals surface area contributed by atoms with Crippen molar-refractivity contribution in [1.29, 1.82) is 0 Å². The van der Waals surface area contributed by atoms with E-state index in [1.54, 1.807) is 0 Å². The van der Waals surface area contributed by atoms with E-state index in [4.69, 9.17) is 4.74 Å². The summed E-state index contributed by atoms with van der Waals surface area (Å²) in [4.78, 5) is 26.1. The molecule has 4 heterocycles. The van der Waals surface area contributed by atoms with Gasteiger partial charge < -0.3 is 14.5 Å². The molecule has 2 fully saturated rings. The highest BCUT2D eigenvalue weighted by Crippen LogP contribution is 2.41. The number of rotatable bonds is 1. The first-order chi connectivity index (χ1) is 11.0. The van der Waals surface area contributed by atoms with Gasteiger partial charge in [-0.2, -0.15) is 0 Å². The molecule has 0 aliphatic carbocycles. The summed E-state index contributed by atoms with van der Waals surface area (Å²) in [5, 5.41) is 0. The van der Waals surface area contributed by atoms with Gasteiger partial charge in [0.25, 0.3) is 0 Å². The van der Waals surface area contributed by atoms with Crippen LogP contribution in [0.25, 0.3) is 0 Å². The number of fused-ring (bicyclic) bond motifs is 2. The third kappa shape index (κ3) is 2.25. The van der Waals surface area contributed by atoms with Crippen molar-refractivity contribution in [3.8, 4) is 0 Å². The van der Waals surface area contributed by atoms with Crippen LogP contribution in [0.15, 0.2) is 6.20 Å². The minimum Gasteiger partial charge on any atom is -0.348 e. The lowest BCUT2D eigenvalue weighted by Crippen LogP contribution is -2.69. The van der Waals surface area contributed by atoms with E-state index in [-0.39, 0.29) is 18.4 Å². The second-order valence-electron chi connectivity index (χ2n) is 6.94. The average molecular weight is 320 g/mol. The fraction of sp³-hybridized carbons (Fsp3) is 0.688. The number of halogens is 1. The number of carbonyl (C=O) groups excluding carboxylic acids is 1. The summed E-state index contributed by atoms with van der Waals surface area (Å²) in [6.45, 7) is 4.00. The number of aryl methyl sites for hydroxylation is 1. The minimum atomic E-state index is -1.28. The molecule has 0 N–H and O–H groups in total. The van der Waals surface area contributed by atoms with Gasteiger partial charge in [-0.25, -0.2) is 14.4 Å². The predicted octanol–water partition coefficient (Wildman–Crippen LogP) is 0.785. The molecular formula is C16H21FN4O2. The van der Waals surface area contributed by atoms with Crippen molar-refractivity contribution < 1.29 is 13.9 Å². The first-order valence-corrected chi connectivity index (χ1v) is 8.08. The maximum Gasteiger partial charge on any atom is 0.238 e. The molecule has 3 aliphatic rings. The highest BCUT2D eigenvalue weighted by Gasteiger charge is 2.56. The zero-order valence-corrected chi connectivity index (χ0v) is 13.5. The van der Waals surface area contributed by atoms with Crippen LogP contribution in [0.4, 0.5) is 4.39 Å². The van der Waals surface area contributed by atoms with Gasteiger partial charge in [0, 0.05) is 43.9 Å². The van der Waals surface area contributed by atoms with Crippen molar-refractivity contribution in [1.82, 2.24) is 19.8 Å². The SMILES string of the molecule is Cc1ncc2c(n1)C1(CN(C)C1)C(=O)N([C@@H]1CCO[C@H](F)C1)C2. The third-order valence-corrected chi connectivity index (χ3v) is 5.18. The van der Waals surface area contributed by atoms with Gasteiger partial charge in [0.2, 0.25) is 12.3 Å². The molecule has 6 nitrogen and oxygen atoms in total. The molecule has 1 aromatic rings. The van der Waals surface area contributed by atoms with Crippen LogP contribution in [-0.2, 0) is 21.5 Å². The van der Waals surface area contributed by atoms with Crippen LogP contribution in [0.2, 0.25) is 0 Å². The highest BCUT2D eigenvalue weighted by molar-refractivity contribution is 5.91. The monoisotopic (exact) mass is 320 g/mol. The molecule has 2 atom stereocenters. The van der Waals surface area contributed by atoms with E-state index < -0.39 is 11.8 Å². The second kappa shape index (κ2) is 5.21. The Balaban J connectivity index is 1.72. The number of alkyl halides is 1. The summed E-state index contributed by atoms with van der Waals surface area (Å²) < 4.78 is 18.6. The van der Waals surface area contributed by atoms with Crippen LogP contribution in [0.3, 0.4) is 0 Å². The Morgan fingerprint density at radius 2 is 2.22 bits per heavy atom. The molecule has 1 amide bonds. The van der Waals surface area contributed by atoms with Crippen molar-refractivity contribution >= 4 is 5.91 Å². The number of nitrogens with zero attached hydrogens (tertiary/aromatic N) is 4. The molecule has 3 aliphatic heterocycles. The Morgan fingerprint density at radius 1 is 1.43 bits per heavy atom. The van der Waals surface area contributed by atoms with Gasteiger partial charge in [0.15, 0.2) is 0 Å². The van der Waals surface area contributed by atoms with Crippen LogP contribution >= 0.6 is 0 Å². The largest absolute Gasteiger partial charge is 0.348 e. The summed E-state index contributed by atoms with van der Waals surface area (Å²) in [7, 11) is 2.00. The van der Waals surface area contributed by atoms with Crippen LogP contribution in [0.5, 0.6) is 0 Å². The minimum absolute atomic E-state index is 0.0836. The Hall–Kier alpha value is -1.60. The van der Waals surface area contributed by atoms with Crippen molar-refractivity contribution in [2.24, 2.45) is 0 Å². The Bertz CT molecular complexity index is 647. The lowest BCUT2D eigenvalue weighted by atomic mass is 9.71. The number of hydrogen-bond acceptors (Lipinski definition) is 5. The molecule has 0 radical (unpaired) electrons. The van der Waals surface area contributed by atoms with Gasteiger partial charge in [0.1, 0.15) is 11.2 Å². The maximum atomic E-state index is 13.6. The van der Waals surface area contributed by atoms with Crippen molar-refractivity contribution in [3.63, 3.8) is 0 Å². The normalized spacial score (nSPS) is 30.2. The zero-order chi connectivity index (χ0) is 16.2. The number of aromatic nitrogens is 2. The maximum absolute atomic E-state index is 13.6. The van der Waals surface area contributed by atoms with E-state index in [1.165, 1.54) is 0 Å². The van der Waals surface area contributed by atoms with E-state index in [0.29, 0.717) is 38.5 Å². The van der Waals surface area contributed by atoms with E-state index in [9.17, 15) is 9.18 Å². The van der Waals surface area contributed by atoms with Crippen molar-refractivity contribution in [2.45, 2.75) is 44.1 Å². The summed E-state index contributed by atoms with van der Waals surface area (Å²) in [5.41, 5.74) is 1.28. The summed E-state index contributed by atoms with van der Waals surface area (Å²) in [6.07, 6.45) is 1.47. The third-order valence-electron chi connectivity index (χ3n) is 5.18. The standard InChI is InChI=1S/C16H21FN4O2/c1-10-18-6-11-7-21(12-3-4-23-13(17)5-12)15(22)16(14(11)19-10)8-20(2)9-16/h6,12-13H,3-5,7-9H2,1-2H3/t12-,13+/m1/s1. The number of amides is 1. The van der Waals surface area contributed by atoms with Crippen LogP contribution in [0, 0.1) is 6.92 Å². The van der Waals surface area contributed by atoms with Crippen molar-refractivity contribution in [3.05, 3.63) is 23.3 Å². The second-order valence-corrected chi connectivity index (χ2v) is 6.94. The van der Waals surface area contributed by atoms with Crippen molar-refractivity contribution in [2.75, 3.05) is 26.7 Å². The average Bonchev–Trinajstić information content (AvgIpc) is 2.49. The zero-order valence-electron chi connectivity index (χ0n) is 13.5. The van der Waals surface area contributed by atoms with Gasteiger partial charge in [-0.15, -0.1) is 0 Å². The van der Waals surface area contributed by atoms with Gasteiger partial charge in [-0.1, -0.05) is 0 Å². The number of carbonyl (C=O) groups is 1. The van der Waals surface area contributed by atoms with E-state index in [1.807, 2.05) is 25.1 Å². The fourth-order valence-corrected chi connectivity index (χ4v) is 4.13. The van der Waals surface area contributed by atoms with Gasteiger partial charge in [-0.05, 0) is 20.4 Å². The number of likely N-dealkylation sites (N-methyl/N-ethyl adjacent to an activating group) is 1. The fourth-order valence-electron chi connectivity index (χ4n) is 4.13. The molecule has 0 bridgehead atoms. The predicted molar refractivity (Wildman–Crippen MR) is 80.4 cm³/mol. The summed E-state index contributed by atoms with van der Waals surface area (Å²) in [5.74, 6) is 0.772. The van der Waals surface area contributed by atoms with Crippen LogP contribution < -0.4 is 0 Å². The molecule has 1 aromatic heterocycles. The summed E-state index contributed by atoms with van der Waals surface area (Å²) >= 11 is 0. The first-order valence-electron chi connectivity index (χ1n) is 8.08. The lowest BCUT2D eigenvalue weighted by Gasteiger charge is -2.53. The molecule has 23 heavy (non-hydrogen) atoms. The Morgan fingerprint density at radius 3 is 2.91 bits per heavy atom. The molecule has 0 aromatic carbocycles. The number of likely N-dealkylation sites (tertiary alicyclic amines) is 1. The molecule has 7 heteroatoms. The van der Waals surface area contributed by atoms with E-state index in [0.717, 1.165) is 11.3 Å². The quantitative estimate of drug-likeness (QED) is 0.765. The molecular weight excluding hydrogens is 299 g/mol. The molecule has 2 saturated heterocycles. The highest BCUT2D eigenvalue weighted by atomic mass is 19.1. The lowest BCUT2D eigenvalue weighted by molar-refractivity contribution is -0.156.